The van der Waals surface area contributed by atoms with Crippen LogP contribution in [0.2, 0.25) is 0 Å². The minimum atomic E-state index is -4.33. The standard InChI is InChI=1S/C9H14F3N/c1-4-5-13-8(6-7(2)3)9(10,11)12/h6H,4-5H2,1-3H3. The molecule has 0 aromatic heterocycles. The lowest BCUT2D eigenvalue weighted by Gasteiger charge is -2.06. The molecule has 0 rings (SSSR count). The number of hydrogen-bond acceptors (Lipinski definition) is 1. The van der Waals surface area contributed by atoms with Crippen LogP contribution in [0, 0.1) is 0 Å². The highest BCUT2D eigenvalue weighted by molar-refractivity contribution is 5.99. The average molecular weight is 193 g/mol. The highest BCUT2D eigenvalue weighted by atomic mass is 19.4. The van der Waals surface area contributed by atoms with Crippen molar-refractivity contribution in [1.82, 2.24) is 0 Å². The highest BCUT2D eigenvalue weighted by Crippen LogP contribution is 2.19. The Labute approximate surface area is 76.4 Å². The topological polar surface area (TPSA) is 12.4 Å². The van der Waals surface area contributed by atoms with Gasteiger partial charge in [0.1, 0.15) is 5.71 Å². The summed E-state index contributed by atoms with van der Waals surface area (Å²) in [7, 11) is 0. The van der Waals surface area contributed by atoms with Gasteiger partial charge in [0.05, 0.1) is 0 Å². The molecule has 76 valence electrons. The van der Waals surface area contributed by atoms with Crippen molar-refractivity contribution in [3.8, 4) is 0 Å². The Bertz CT molecular complexity index is 209. The lowest BCUT2D eigenvalue weighted by Crippen LogP contribution is -2.21. The number of nitrogens with zero attached hydrogens (tertiary/aromatic N) is 1. The third-order valence-corrected chi connectivity index (χ3v) is 1.22. The molecule has 0 radical (unpaired) electrons. The smallest absolute Gasteiger partial charge is 0.281 e. The summed E-state index contributed by atoms with van der Waals surface area (Å²) < 4.78 is 36.7. The molecule has 0 unspecified atom stereocenters. The highest BCUT2D eigenvalue weighted by Gasteiger charge is 2.33. The maximum atomic E-state index is 12.2. The minimum absolute atomic E-state index is 0.221. The van der Waals surface area contributed by atoms with Gasteiger partial charge in [0.2, 0.25) is 0 Å². The monoisotopic (exact) mass is 193 g/mol. The van der Waals surface area contributed by atoms with E-state index in [4.69, 9.17) is 0 Å². The zero-order chi connectivity index (χ0) is 10.5. The maximum absolute atomic E-state index is 12.2. The zero-order valence-corrected chi connectivity index (χ0v) is 8.07. The molecule has 0 N–H and O–H groups in total. The van der Waals surface area contributed by atoms with Gasteiger partial charge >= 0.3 is 6.18 Å². The first-order valence-electron chi connectivity index (χ1n) is 4.14. The molecule has 0 atom stereocenters. The van der Waals surface area contributed by atoms with Crippen molar-refractivity contribution in [2.45, 2.75) is 33.4 Å². The molecule has 0 aromatic rings. The van der Waals surface area contributed by atoms with Crippen LogP contribution in [-0.2, 0) is 0 Å². The zero-order valence-electron chi connectivity index (χ0n) is 8.07. The largest absolute Gasteiger partial charge is 0.432 e. The molecule has 0 fully saturated rings. The summed E-state index contributed by atoms with van der Waals surface area (Å²) in [4.78, 5) is 3.47. The van der Waals surface area contributed by atoms with Crippen LogP contribution in [0.5, 0.6) is 0 Å². The first-order valence-corrected chi connectivity index (χ1v) is 4.14. The second kappa shape index (κ2) is 5.04. The quantitative estimate of drug-likeness (QED) is 0.609. The first-order chi connectivity index (χ1) is 5.88. The van der Waals surface area contributed by atoms with Crippen molar-refractivity contribution >= 4 is 5.71 Å². The summed E-state index contributed by atoms with van der Waals surface area (Å²) in [6.07, 6.45) is -2.64. The molecule has 4 heteroatoms. The molecule has 0 bridgehead atoms. The number of allylic oxidation sites excluding steroid dienone is 2. The Kier molecular flexibility index (Phi) is 4.73. The number of rotatable bonds is 3. The van der Waals surface area contributed by atoms with Gasteiger partial charge in [0, 0.05) is 6.54 Å². The third kappa shape index (κ3) is 5.44. The molecule has 1 nitrogen and oxygen atoms in total. The molecule has 0 aliphatic carbocycles. The Balaban J connectivity index is 4.67. The van der Waals surface area contributed by atoms with Crippen LogP contribution < -0.4 is 0 Å². The third-order valence-electron chi connectivity index (χ3n) is 1.22. The molecular formula is C9H14F3N. The second-order valence-electron chi connectivity index (χ2n) is 2.99. The van der Waals surface area contributed by atoms with E-state index < -0.39 is 11.9 Å². The Morgan fingerprint density at radius 2 is 1.85 bits per heavy atom. The number of aliphatic imine (C=N–C) groups is 1. The van der Waals surface area contributed by atoms with E-state index in [1.807, 2.05) is 0 Å². The van der Waals surface area contributed by atoms with Crippen molar-refractivity contribution in [2.75, 3.05) is 6.54 Å². The molecule has 0 heterocycles. The van der Waals surface area contributed by atoms with Gasteiger partial charge in [0.25, 0.3) is 0 Å². The number of halogens is 3. The van der Waals surface area contributed by atoms with Crippen molar-refractivity contribution in [2.24, 2.45) is 4.99 Å². The van der Waals surface area contributed by atoms with E-state index in [0.29, 0.717) is 12.0 Å². The van der Waals surface area contributed by atoms with Crippen LogP contribution in [-0.4, -0.2) is 18.4 Å². The maximum Gasteiger partial charge on any atom is 0.432 e. The Morgan fingerprint density at radius 1 is 1.31 bits per heavy atom. The minimum Gasteiger partial charge on any atom is -0.281 e. The summed E-state index contributed by atoms with van der Waals surface area (Å²) in [5.41, 5.74) is -0.179. The van der Waals surface area contributed by atoms with Gasteiger partial charge < -0.3 is 0 Å². The fourth-order valence-corrected chi connectivity index (χ4v) is 0.723. The molecule has 0 amide bonds. The van der Waals surface area contributed by atoms with Gasteiger partial charge in [-0.15, -0.1) is 0 Å². The van der Waals surface area contributed by atoms with Gasteiger partial charge in [-0.05, 0) is 26.3 Å². The molecular weight excluding hydrogens is 179 g/mol. The average Bonchev–Trinajstić information content (AvgIpc) is 1.95. The second-order valence-corrected chi connectivity index (χ2v) is 2.99. The van der Waals surface area contributed by atoms with Crippen LogP contribution in [0.3, 0.4) is 0 Å². The van der Waals surface area contributed by atoms with Crippen molar-refractivity contribution in [3.63, 3.8) is 0 Å². The van der Waals surface area contributed by atoms with E-state index in [0.717, 1.165) is 6.08 Å². The van der Waals surface area contributed by atoms with E-state index in [-0.39, 0.29) is 6.54 Å². The van der Waals surface area contributed by atoms with E-state index >= 15 is 0 Å². The van der Waals surface area contributed by atoms with Gasteiger partial charge in [-0.2, -0.15) is 13.2 Å². The fourth-order valence-electron chi connectivity index (χ4n) is 0.723. The molecule has 0 aliphatic rings. The molecule has 0 saturated heterocycles. The van der Waals surface area contributed by atoms with Gasteiger partial charge in [-0.3, -0.25) is 4.99 Å². The Morgan fingerprint density at radius 3 is 2.15 bits per heavy atom. The summed E-state index contributed by atoms with van der Waals surface area (Å²) in [5, 5.41) is 0. The molecule has 0 aromatic carbocycles. The summed E-state index contributed by atoms with van der Waals surface area (Å²) in [6, 6.07) is 0. The van der Waals surface area contributed by atoms with Crippen molar-refractivity contribution in [1.29, 1.82) is 0 Å². The lowest BCUT2D eigenvalue weighted by molar-refractivity contribution is -0.0579. The van der Waals surface area contributed by atoms with E-state index in [2.05, 4.69) is 4.99 Å². The van der Waals surface area contributed by atoms with Crippen LogP contribution in [0.15, 0.2) is 16.6 Å². The van der Waals surface area contributed by atoms with Crippen LogP contribution in [0.25, 0.3) is 0 Å². The van der Waals surface area contributed by atoms with Crippen LogP contribution in [0.4, 0.5) is 13.2 Å². The van der Waals surface area contributed by atoms with Gasteiger partial charge in [-0.25, -0.2) is 0 Å². The summed E-state index contributed by atoms with van der Waals surface area (Å²) >= 11 is 0. The summed E-state index contributed by atoms with van der Waals surface area (Å²) in [6.45, 7) is 5.25. The molecule has 0 spiro atoms. The van der Waals surface area contributed by atoms with Crippen LogP contribution >= 0.6 is 0 Å². The SMILES string of the molecule is CCCN=C(C=C(C)C)C(F)(F)F. The first kappa shape index (κ1) is 12.2. The fraction of sp³-hybridized carbons (Fsp3) is 0.667. The lowest BCUT2D eigenvalue weighted by atomic mass is 10.2. The predicted octanol–water partition coefficient (Wildman–Crippen LogP) is 3.37. The van der Waals surface area contributed by atoms with Crippen molar-refractivity contribution < 1.29 is 13.2 Å². The van der Waals surface area contributed by atoms with E-state index in [1.54, 1.807) is 20.8 Å². The van der Waals surface area contributed by atoms with Crippen molar-refractivity contribution in [3.05, 3.63) is 11.6 Å². The molecule has 0 aliphatic heterocycles. The number of alkyl halides is 3. The molecule has 13 heavy (non-hydrogen) atoms. The van der Waals surface area contributed by atoms with E-state index in [9.17, 15) is 13.2 Å². The van der Waals surface area contributed by atoms with Gasteiger partial charge in [0.15, 0.2) is 0 Å². The van der Waals surface area contributed by atoms with E-state index in [1.165, 1.54) is 0 Å². The van der Waals surface area contributed by atoms with Gasteiger partial charge in [-0.1, -0.05) is 12.5 Å². The number of hydrogen-bond donors (Lipinski definition) is 0. The summed E-state index contributed by atoms with van der Waals surface area (Å²) in [5.74, 6) is 0. The predicted molar refractivity (Wildman–Crippen MR) is 48.1 cm³/mol. The molecule has 0 saturated carbocycles. The normalized spacial score (nSPS) is 12.9. The Hall–Kier alpha value is -0.800. The van der Waals surface area contributed by atoms with Crippen LogP contribution in [0.1, 0.15) is 27.2 Å².